The highest BCUT2D eigenvalue weighted by atomic mass is 32.1. The normalized spacial score (nSPS) is 11.7. The maximum absolute atomic E-state index is 12.8. The molecule has 0 saturated carbocycles. The first kappa shape index (κ1) is 18.1. The van der Waals surface area contributed by atoms with Gasteiger partial charge in [0.05, 0.1) is 10.6 Å². The number of nitrogens with zero attached hydrogens (tertiary/aromatic N) is 3. The highest BCUT2D eigenvalue weighted by molar-refractivity contribution is 7.13. The van der Waals surface area contributed by atoms with E-state index in [4.69, 9.17) is 0 Å². The Kier molecular flexibility index (Phi) is 4.57. The first-order valence-corrected chi connectivity index (χ1v) is 8.48. The minimum absolute atomic E-state index is 0.0393. The molecule has 136 valence electrons. The number of non-ortho nitro benzene ring substituents is 1. The average Bonchev–Trinajstić information content (AvgIpc) is 3.14. The fraction of sp³-hybridized carbons (Fsp3) is 0.235. The molecule has 2 aromatic heterocycles. The first-order valence-electron chi connectivity index (χ1n) is 7.60. The lowest BCUT2D eigenvalue weighted by Gasteiger charge is -2.12. The molecule has 5 nitrogen and oxygen atoms in total. The summed E-state index contributed by atoms with van der Waals surface area (Å²) in [6.07, 6.45) is -4.30. The molecule has 0 bridgehead atoms. The van der Waals surface area contributed by atoms with Gasteiger partial charge in [-0.15, -0.1) is 11.3 Å². The van der Waals surface area contributed by atoms with Crippen LogP contribution in [-0.4, -0.2) is 20.7 Å². The summed E-state index contributed by atoms with van der Waals surface area (Å²) in [5, 5.41) is 13.2. The van der Waals surface area contributed by atoms with Gasteiger partial charge in [-0.2, -0.15) is 13.2 Å². The zero-order valence-corrected chi connectivity index (χ0v) is 14.7. The Hall–Kier alpha value is -2.68. The van der Waals surface area contributed by atoms with Gasteiger partial charge in [-0.3, -0.25) is 10.1 Å². The van der Waals surface area contributed by atoms with Gasteiger partial charge in [-0.05, 0) is 19.9 Å². The predicted octanol–water partition coefficient (Wildman–Crippen LogP) is 5.37. The quantitative estimate of drug-likeness (QED) is 0.451. The highest BCUT2D eigenvalue weighted by Crippen LogP contribution is 2.34. The molecule has 26 heavy (non-hydrogen) atoms. The molecule has 0 aliphatic carbocycles. The Morgan fingerprint density at radius 1 is 1.27 bits per heavy atom. The number of hydrogen-bond acceptors (Lipinski definition) is 4. The van der Waals surface area contributed by atoms with E-state index >= 15 is 0 Å². The number of benzene rings is 1. The van der Waals surface area contributed by atoms with Crippen molar-refractivity contribution in [3.8, 4) is 21.8 Å². The van der Waals surface area contributed by atoms with Crippen LogP contribution in [0.4, 0.5) is 18.9 Å². The van der Waals surface area contributed by atoms with Crippen LogP contribution in [0.25, 0.3) is 21.8 Å². The van der Waals surface area contributed by atoms with Crippen molar-refractivity contribution in [3.63, 3.8) is 0 Å². The number of nitro benzene ring substituents is 1. The third kappa shape index (κ3) is 3.62. The third-order valence-corrected chi connectivity index (χ3v) is 4.89. The summed E-state index contributed by atoms with van der Waals surface area (Å²) in [5.41, 5.74) is 2.72. The fourth-order valence-corrected chi connectivity index (χ4v) is 3.58. The van der Waals surface area contributed by atoms with Crippen LogP contribution in [0.5, 0.6) is 0 Å². The summed E-state index contributed by atoms with van der Waals surface area (Å²) >= 11 is 1.29. The number of nitro groups is 1. The van der Waals surface area contributed by atoms with Crippen LogP contribution in [-0.2, 0) is 6.54 Å². The first-order chi connectivity index (χ1) is 12.2. The second kappa shape index (κ2) is 6.56. The largest absolute Gasteiger partial charge is 0.406 e. The lowest BCUT2D eigenvalue weighted by Crippen LogP contribution is -2.19. The molecule has 0 atom stereocenters. The van der Waals surface area contributed by atoms with Gasteiger partial charge < -0.3 is 4.57 Å². The molecule has 0 unspecified atom stereocenters. The van der Waals surface area contributed by atoms with Crippen LogP contribution in [0.1, 0.15) is 11.4 Å². The predicted molar refractivity (Wildman–Crippen MR) is 93.2 cm³/mol. The van der Waals surface area contributed by atoms with Crippen molar-refractivity contribution in [1.29, 1.82) is 0 Å². The average molecular weight is 381 g/mol. The monoisotopic (exact) mass is 381 g/mol. The molecule has 0 aliphatic rings. The van der Waals surface area contributed by atoms with Crippen LogP contribution in [0, 0.1) is 24.0 Å². The Labute approximate surface area is 150 Å². The van der Waals surface area contributed by atoms with Crippen LogP contribution < -0.4 is 0 Å². The van der Waals surface area contributed by atoms with E-state index in [-0.39, 0.29) is 5.69 Å². The lowest BCUT2D eigenvalue weighted by atomic mass is 10.2. The molecule has 9 heteroatoms. The molecule has 0 spiro atoms. The molecule has 0 aliphatic heterocycles. The van der Waals surface area contributed by atoms with Gasteiger partial charge in [0.1, 0.15) is 11.6 Å². The lowest BCUT2D eigenvalue weighted by molar-refractivity contribution is -0.384. The molecule has 3 aromatic rings. The van der Waals surface area contributed by atoms with Gasteiger partial charge in [0.25, 0.3) is 5.69 Å². The van der Waals surface area contributed by atoms with E-state index in [1.807, 2.05) is 0 Å². The van der Waals surface area contributed by atoms with Gasteiger partial charge in [-0.25, -0.2) is 4.98 Å². The maximum Gasteiger partial charge on any atom is 0.406 e. The Morgan fingerprint density at radius 3 is 2.65 bits per heavy atom. The molecule has 0 N–H and O–H groups in total. The van der Waals surface area contributed by atoms with Crippen molar-refractivity contribution in [2.75, 3.05) is 0 Å². The SMILES string of the molecule is Cc1cc(-c2csc(-c3cccc([N+](=O)[O-])c3)n2)c(C)n1CC(F)(F)F. The summed E-state index contributed by atoms with van der Waals surface area (Å²) in [4.78, 5) is 14.9. The number of halogens is 3. The molecule has 1 aromatic carbocycles. The van der Waals surface area contributed by atoms with Crippen LogP contribution in [0.3, 0.4) is 0 Å². The zero-order valence-electron chi connectivity index (χ0n) is 13.9. The molecule has 0 amide bonds. The number of alkyl halides is 3. The summed E-state index contributed by atoms with van der Waals surface area (Å²) in [7, 11) is 0. The number of rotatable bonds is 4. The van der Waals surface area contributed by atoms with Gasteiger partial charge in [0.15, 0.2) is 0 Å². The molecular formula is C17H14F3N3O2S. The molecule has 3 rings (SSSR count). The van der Waals surface area contributed by atoms with Crippen LogP contribution in [0.15, 0.2) is 35.7 Å². The van der Waals surface area contributed by atoms with Crippen molar-refractivity contribution in [2.45, 2.75) is 26.6 Å². The van der Waals surface area contributed by atoms with E-state index in [1.165, 1.54) is 28.0 Å². The van der Waals surface area contributed by atoms with Crippen molar-refractivity contribution in [1.82, 2.24) is 9.55 Å². The smallest absolute Gasteiger partial charge is 0.339 e. The molecule has 0 saturated heterocycles. The van der Waals surface area contributed by atoms with E-state index in [0.29, 0.717) is 33.2 Å². The summed E-state index contributed by atoms with van der Waals surface area (Å²) < 4.78 is 39.5. The Bertz CT molecular complexity index is 976. The van der Waals surface area contributed by atoms with E-state index in [2.05, 4.69) is 4.98 Å². The molecule has 2 heterocycles. The van der Waals surface area contributed by atoms with Gasteiger partial charge in [0.2, 0.25) is 0 Å². The highest BCUT2D eigenvalue weighted by Gasteiger charge is 2.30. The zero-order chi connectivity index (χ0) is 19.1. The summed E-state index contributed by atoms with van der Waals surface area (Å²) in [5.74, 6) is 0. The molecule has 0 fully saturated rings. The maximum atomic E-state index is 12.8. The summed E-state index contributed by atoms with van der Waals surface area (Å²) in [6, 6.07) is 7.78. The van der Waals surface area contributed by atoms with Crippen molar-refractivity contribution < 1.29 is 18.1 Å². The van der Waals surface area contributed by atoms with Crippen LogP contribution in [0.2, 0.25) is 0 Å². The van der Waals surface area contributed by atoms with E-state index in [0.717, 1.165) is 0 Å². The number of thiazole rings is 1. The number of hydrogen-bond donors (Lipinski definition) is 0. The van der Waals surface area contributed by atoms with E-state index in [9.17, 15) is 23.3 Å². The minimum Gasteiger partial charge on any atom is -0.339 e. The second-order valence-corrected chi connectivity index (χ2v) is 6.69. The number of aromatic nitrogens is 2. The van der Waals surface area contributed by atoms with Crippen molar-refractivity contribution in [2.24, 2.45) is 0 Å². The Morgan fingerprint density at radius 2 is 2.00 bits per heavy atom. The Balaban J connectivity index is 1.97. The van der Waals surface area contributed by atoms with Gasteiger partial charge >= 0.3 is 6.18 Å². The van der Waals surface area contributed by atoms with Crippen LogP contribution >= 0.6 is 11.3 Å². The van der Waals surface area contributed by atoms with E-state index in [1.54, 1.807) is 37.4 Å². The molecular weight excluding hydrogens is 367 g/mol. The van der Waals surface area contributed by atoms with E-state index < -0.39 is 17.6 Å². The fourth-order valence-electron chi connectivity index (χ4n) is 2.77. The molecule has 0 radical (unpaired) electrons. The second-order valence-electron chi connectivity index (χ2n) is 5.83. The third-order valence-electron chi connectivity index (χ3n) is 4.00. The summed E-state index contributed by atoms with van der Waals surface area (Å²) in [6.45, 7) is 2.20. The standard InChI is InChI=1S/C17H14F3N3O2S/c1-10-6-14(11(2)22(10)9-17(18,19)20)15-8-26-16(21-15)12-4-3-5-13(7-12)23(24)25/h3-8H,9H2,1-2H3. The number of aryl methyl sites for hydroxylation is 1. The van der Waals surface area contributed by atoms with Crippen molar-refractivity contribution in [3.05, 3.63) is 57.2 Å². The minimum atomic E-state index is -4.30. The van der Waals surface area contributed by atoms with Crippen molar-refractivity contribution >= 4 is 17.0 Å². The topological polar surface area (TPSA) is 61.0 Å². The van der Waals surface area contributed by atoms with Gasteiger partial charge in [0, 0.05) is 40.0 Å². The van der Waals surface area contributed by atoms with Gasteiger partial charge in [-0.1, -0.05) is 12.1 Å².